The van der Waals surface area contributed by atoms with Gasteiger partial charge >= 0.3 is 0 Å². The zero-order valence-corrected chi connectivity index (χ0v) is 9.99. The Morgan fingerprint density at radius 1 is 1.31 bits per heavy atom. The molecule has 0 unspecified atom stereocenters. The van der Waals surface area contributed by atoms with Crippen molar-refractivity contribution in [2.45, 2.75) is 13.5 Å². The highest BCUT2D eigenvalue weighted by molar-refractivity contribution is 5.84. The van der Waals surface area contributed by atoms with Gasteiger partial charge in [-0.05, 0) is 18.6 Å². The summed E-state index contributed by atoms with van der Waals surface area (Å²) in [5.41, 5.74) is 9.09. The van der Waals surface area contributed by atoms with Crippen molar-refractivity contribution in [1.82, 2.24) is 4.98 Å². The molecule has 1 heterocycles. The van der Waals surface area contributed by atoms with Gasteiger partial charge in [-0.25, -0.2) is 4.98 Å². The molecule has 0 fully saturated rings. The zero-order valence-electron chi connectivity index (χ0n) is 9.99. The fourth-order valence-corrected chi connectivity index (χ4v) is 1.92. The first-order valence-corrected chi connectivity index (χ1v) is 5.40. The van der Waals surface area contributed by atoms with Crippen molar-refractivity contribution in [3.05, 3.63) is 35.4 Å². The van der Waals surface area contributed by atoms with Crippen LogP contribution in [0.2, 0.25) is 0 Å². The van der Waals surface area contributed by atoms with E-state index in [1.54, 1.807) is 0 Å². The molecule has 0 atom stereocenters. The first-order chi connectivity index (χ1) is 7.63. The highest BCUT2D eigenvalue weighted by Gasteiger charge is 2.08. The van der Waals surface area contributed by atoms with Crippen LogP contribution in [-0.2, 0) is 6.54 Å². The fourth-order valence-electron chi connectivity index (χ4n) is 1.92. The normalized spacial score (nSPS) is 10.8. The number of fused-ring (bicyclic) bond motifs is 1. The lowest BCUT2D eigenvalue weighted by molar-refractivity contribution is 0.997. The van der Waals surface area contributed by atoms with Crippen LogP contribution in [0.5, 0.6) is 0 Å². The van der Waals surface area contributed by atoms with Gasteiger partial charge < -0.3 is 10.6 Å². The number of aromatic nitrogens is 1. The summed E-state index contributed by atoms with van der Waals surface area (Å²) >= 11 is 0. The maximum atomic E-state index is 5.75. The zero-order chi connectivity index (χ0) is 11.7. The molecule has 16 heavy (non-hydrogen) atoms. The molecule has 0 aliphatic heterocycles. The number of anilines is 1. The number of rotatable bonds is 2. The first kappa shape index (κ1) is 10.9. The molecule has 0 spiro atoms. The smallest absolute Gasteiger partial charge is 0.133 e. The van der Waals surface area contributed by atoms with E-state index in [-0.39, 0.29) is 0 Å². The van der Waals surface area contributed by atoms with Gasteiger partial charge in [0.05, 0.1) is 5.52 Å². The van der Waals surface area contributed by atoms with Crippen molar-refractivity contribution < 1.29 is 0 Å². The van der Waals surface area contributed by atoms with E-state index >= 15 is 0 Å². The topological polar surface area (TPSA) is 42.1 Å². The summed E-state index contributed by atoms with van der Waals surface area (Å²) in [7, 11) is 3.98. The number of hydrogen-bond acceptors (Lipinski definition) is 3. The molecule has 0 aliphatic carbocycles. The van der Waals surface area contributed by atoms with Crippen LogP contribution in [0.25, 0.3) is 10.9 Å². The number of hydrogen-bond donors (Lipinski definition) is 1. The molecule has 0 aliphatic rings. The predicted octanol–water partition coefficient (Wildman–Crippen LogP) is 2.07. The molecule has 2 rings (SSSR count). The van der Waals surface area contributed by atoms with Crippen molar-refractivity contribution >= 4 is 16.7 Å². The second-order valence-electron chi connectivity index (χ2n) is 4.22. The molecule has 1 aromatic carbocycles. The SMILES string of the molecule is Cc1cccc2cc(CN)c(N(C)C)nc12. The van der Waals surface area contributed by atoms with Crippen LogP contribution in [0.3, 0.4) is 0 Å². The quantitative estimate of drug-likeness (QED) is 0.834. The molecule has 2 aromatic rings. The molecular formula is C13H17N3. The number of aryl methyl sites for hydroxylation is 1. The van der Waals surface area contributed by atoms with Crippen LogP contribution in [0, 0.1) is 6.92 Å². The lowest BCUT2D eigenvalue weighted by atomic mass is 10.1. The average molecular weight is 215 g/mol. The lowest BCUT2D eigenvalue weighted by Crippen LogP contribution is -2.15. The van der Waals surface area contributed by atoms with Crippen molar-refractivity contribution in [3.8, 4) is 0 Å². The predicted molar refractivity (Wildman–Crippen MR) is 68.7 cm³/mol. The Labute approximate surface area is 95.9 Å². The molecule has 0 amide bonds. The highest BCUT2D eigenvalue weighted by Crippen LogP contribution is 2.23. The Balaban J connectivity index is 2.76. The van der Waals surface area contributed by atoms with Gasteiger partial charge in [-0.15, -0.1) is 0 Å². The number of nitrogens with zero attached hydrogens (tertiary/aromatic N) is 2. The van der Waals surface area contributed by atoms with Gasteiger partial charge in [0.2, 0.25) is 0 Å². The van der Waals surface area contributed by atoms with Crippen molar-refractivity contribution in [3.63, 3.8) is 0 Å². The summed E-state index contributed by atoms with van der Waals surface area (Å²) < 4.78 is 0. The third kappa shape index (κ3) is 1.74. The molecule has 1 aromatic heterocycles. The Morgan fingerprint density at radius 2 is 2.06 bits per heavy atom. The summed E-state index contributed by atoms with van der Waals surface area (Å²) in [5.74, 6) is 0.962. The van der Waals surface area contributed by atoms with E-state index in [1.165, 1.54) is 5.56 Å². The summed E-state index contributed by atoms with van der Waals surface area (Å²) in [6.07, 6.45) is 0. The Kier molecular flexibility index (Phi) is 2.79. The molecule has 3 nitrogen and oxygen atoms in total. The molecule has 0 saturated heterocycles. The van der Waals surface area contributed by atoms with Crippen LogP contribution in [0.1, 0.15) is 11.1 Å². The summed E-state index contributed by atoms with van der Waals surface area (Å²) in [6, 6.07) is 8.34. The van der Waals surface area contributed by atoms with E-state index in [4.69, 9.17) is 10.7 Å². The van der Waals surface area contributed by atoms with Gasteiger partial charge in [0.25, 0.3) is 0 Å². The largest absolute Gasteiger partial charge is 0.362 e. The highest BCUT2D eigenvalue weighted by atomic mass is 15.1. The lowest BCUT2D eigenvalue weighted by Gasteiger charge is -2.17. The second-order valence-corrected chi connectivity index (χ2v) is 4.22. The Morgan fingerprint density at radius 3 is 2.69 bits per heavy atom. The van der Waals surface area contributed by atoms with E-state index in [0.29, 0.717) is 6.54 Å². The van der Waals surface area contributed by atoms with Gasteiger partial charge in [0.1, 0.15) is 5.82 Å². The van der Waals surface area contributed by atoms with E-state index in [0.717, 1.165) is 22.3 Å². The van der Waals surface area contributed by atoms with Crippen molar-refractivity contribution in [1.29, 1.82) is 0 Å². The third-order valence-corrected chi connectivity index (χ3v) is 2.75. The van der Waals surface area contributed by atoms with E-state index < -0.39 is 0 Å². The van der Waals surface area contributed by atoms with Crippen LogP contribution < -0.4 is 10.6 Å². The van der Waals surface area contributed by atoms with Gasteiger partial charge in [0, 0.05) is 31.6 Å². The second kappa shape index (κ2) is 4.10. The van der Waals surface area contributed by atoms with Gasteiger partial charge in [-0.2, -0.15) is 0 Å². The van der Waals surface area contributed by atoms with Crippen molar-refractivity contribution in [2.24, 2.45) is 5.73 Å². The minimum absolute atomic E-state index is 0.518. The molecular weight excluding hydrogens is 198 g/mol. The monoisotopic (exact) mass is 215 g/mol. The summed E-state index contributed by atoms with van der Waals surface area (Å²) in [5, 5.41) is 1.16. The molecule has 3 heteroatoms. The number of benzene rings is 1. The average Bonchev–Trinajstić information content (AvgIpc) is 2.27. The Hall–Kier alpha value is -1.61. The third-order valence-electron chi connectivity index (χ3n) is 2.75. The fraction of sp³-hybridized carbons (Fsp3) is 0.308. The summed E-state index contributed by atoms with van der Waals surface area (Å²) in [4.78, 5) is 6.70. The molecule has 0 radical (unpaired) electrons. The van der Waals surface area contributed by atoms with Crippen LogP contribution in [-0.4, -0.2) is 19.1 Å². The Bertz CT molecular complexity index is 518. The standard InChI is InChI=1S/C13H17N3/c1-9-5-4-6-10-7-11(8-14)13(16(2)3)15-12(9)10/h4-7H,8,14H2,1-3H3. The molecule has 0 bridgehead atoms. The molecule has 0 saturated carbocycles. The van der Waals surface area contributed by atoms with Crippen LogP contribution in [0.4, 0.5) is 5.82 Å². The van der Waals surface area contributed by atoms with E-state index in [2.05, 4.69) is 31.2 Å². The van der Waals surface area contributed by atoms with Crippen LogP contribution >= 0.6 is 0 Å². The first-order valence-electron chi connectivity index (χ1n) is 5.40. The minimum Gasteiger partial charge on any atom is -0.362 e. The van der Waals surface area contributed by atoms with Crippen molar-refractivity contribution in [2.75, 3.05) is 19.0 Å². The maximum Gasteiger partial charge on any atom is 0.133 e. The van der Waals surface area contributed by atoms with Crippen LogP contribution in [0.15, 0.2) is 24.3 Å². The number of para-hydroxylation sites is 1. The maximum absolute atomic E-state index is 5.75. The van der Waals surface area contributed by atoms with Gasteiger partial charge in [-0.3, -0.25) is 0 Å². The summed E-state index contributed by atoms with van der Waals surface area (Å²) in [6.45, 7) is 2.60. The molecule has 2 N–H and O–H groups in total. The number of pyridine rings is 1. The van der Waals surface area contributed by atoms with E-state index in [9.17, 15) is 0 Å². The molecule has 84 valence electrons. The number of nitrogens with two attached hydrogens (primary N) is 1. The minimum atomic E-state index is 0.518. The van der Waals surface area contributed by atoms with Gasteiger partial charge in [0.15, 0.2) is 0 Å². The van der Waals surface area contributed by atoms with E-state index in [1.807, 2.05) is 19.0 Å². The van der Waals surface area contributed by atoms with Gasteiger partial charge in [-0.1, -0.05) is 18.2 Å².